The molecule has 1 nitrogen and oxygen atoms in total. The normalized spacial score (nSPS) is 34.5. The molecule has 1 heterocycles. The maximum absolute atomic E-state index is 5.06. The van der Waals surface area contributed by atoms with Crippen LogP contribution in [0, 0.1) is 5.92 Å². The van der Waals surface area contributed by atoms with Crippen LogP contribution in [-0.4, -0.2) is 13.2 Å². The van der Waals surface area contributed by atoms with Gasteiger partial charge in [-0.2, -0.15) is 0 Å². The molecule has 1 aliphatic heterocycles. The minimum Gasteiger partial charge on any atom is -0.381 e. The van der Waals surface area contributed by atoms with Crippen LogP contribution < -0.4 is 0 Å². The molecule has 0 saturated carbocycles. The van der Waals surface area contributed by atoms with Gasteiger partial charge < -0.3 is 4.74 Å². The standard InChI is InChI=1S/C5H10O/c1-5-2-3-6-4-5/h5H,2-4H2,1H3/t5-/m0/s1. The molecule has 1 heteroatoms. The molecular formula is C5H10O. The summed E-state index contributed by atoms with van der Waals surface area (Å²) in [5.41, 5.74) is 0. The number of hydrogen-bond acceptors (Lipinski definition) is 1. The highest BCUT2D eigenvalue weighted by Gasteiger charge is 2.07. The van der Waals surface area contributed by atoms with Gasteiger partial charge in [-0.25, -0.2) is 0 Å². The Bertz CT molecular complexity index is 37.2. The minimum atomic E-state index is 0.824. The maximum atomic E-state index is 5.06. The predicted octanol–water partition coefficient (Wildman–Crippen LogP) is 1.04. The van der Waals surface area contributed by atoms with Crippen LogP contribution in [-0.2, 0) is 4.74 Å². The lowest BCUT2D eigenvalue weighted by Crippen LogP contribution is -1.88. The highest BCUT2D eigenvalue weighted by molar-refractivity contribution is 4.55. The molecule has 1 aliphatic rings. The first kappa shape index (κ1) is 4.13. The van der Waals surface area contributed by atoms with Gasteiger partial charge in [0.15, 0.2) is 0 Å². The summed E-state index contributed by atoms with van der Waals surface area (Å²) in [6, 6.07) is 0. The van der Waals surface area contributed by atoms with Gasteiger partial charge in [0, 0.05) is 13.2 Å². The quantitative estimate of drug-likeness (QED) is 0.428. The van der Waals surface area contributed by atoms with Gasteiger partial charge in [-0.05, 0) is 12.3 Å². The first-order valence-electron chi connectivity index (χ1n) is 2.47. The zero-order valence-corrected chi connectivity index (χ0v) is 4.11. The number of ether oxygens (including phenoxy) is 1. The summed E-state index contributed by atoms with van der Waals surface area (Å²) in [6.07, 6.45) is 1.26. The van der Waals surface area contributed by atoms with E-state index < -0.39 is 0 Å². The van der Waals surface area contributed by atoms with Crippen molar-refractivity contribution in [3.05, 3.63) is 0 Å². The Balaban J connectivity index is 2.18. The van der Waals surface area contributed by atoms with E-state index in [1.54, 1.807) is 0 Å². The lowest BCUT2D eigenvalue weighted by Gasteiger charge is -1.89. The van der Waals surface area contributed by atoms with Gasteiger partial charge in [0.05, 0.1) is 0 Å². The Kier molecular flexibility index (Phi) is 1.10. The molecule has 0 radical (unpaired) electrons. The summed E-state index contributed by atoms with van der Waals surface area (Å²) in [5.74, 6) is 0.824. The van der Waals surface area contributed by atoms with E-state index in [0.717, 1.165) is 19.1 Å². The fourth-order valence-electron chi connectivity index (χ4n) is 0.652. The Hall–Kier alpha value is -0.0400. The van der Waals surface area contributed by atoms with Gasteiger partial charge in [-0.1, -0.05) is 6.92 Å². The molecule has 0 aliphatic carbocycles. The molecular weight excluding hydrogens is 76.1 g/mol. The zero-order chi connectivity index (χ0) is 4.41. The SMILES string of the molecule is C[C@H]1CCOC1. The van der Waals surface area contributed by atoms with E-state index in [1.807, 2.05) is 0 Å². The van der Waals surface area contributed by atoms with E-state index in [2.05, 4.69) is 6.92 Å². The van der Waals surface area contributed by atoms with Crippen LogP contribution in [0.4, 0.5) is 0 Å². The zero-order valence-electron chi connectivity index (χ0n) is 4.11. The van der Waals surface area contributed by atoms with Crippen molar-refractivity contribution in [2.45, 2.75) is 13.3 Å². The van der Waals surface area contributed by atoms with E-state index >= 15 is 0 Å². The first-order valence-corrected chi connectivity index (χ1v) is 2.47. The monoisotopic (exact) mass is 86.1 g/mol. The van der Waals surface area contributed by atoms with Crippen molar-refractivity contribution in [2.24, 2.45) is 5.92 Å². The molecule has 0 bridgehead atoms. The molecule has 1 saturated heterocycles. The summed E-state index contributed by atoms with van der Waals surface area (Å²) in [5, 5.41) is 0. The molecule has 36 valence electrons. The molecule has 6 heavy (non-hydrogen) atoms. The largest absolute Gasteiger partial charge is 0.381 e. The minimum absolute atomic E-state index is 0.824. The van der Waals surface area contributed by atoms with Gasteiger partial charge in [0.2, 0.25) is 0 Å². The third-order valence-corrected chi connectivity index (χ3v) is 1.16. The predicted molar refractivity (Wildman–Crippen MR) is 24.6 cm³/mol. The second kappa shape index (κ2) is 1.61. The Labute approximate surface area is 38.3 Å². The van der Waals surface area contributed by atoms with Crippen LogP contribution in [0.15, 0.2) is 0 Å². The maximum Gasteiger partial charge on any atom is 0.0492 e. The smallest absolute Gasteiger partial charge is 0.0492 e. The lowest BCUT2D eigenvalue weighted by molar-refractivity contribution is 0.188. The van der Waals surface area contributed by atoms with E-state index in [4.69, 9.17) is 4.74 Å². The number of rotatable bonds is 0. The van der Waals surface area contributed by atoms with E-state index in [0.29, 0.717) is 0 Å². The molecule has 1 rings (SSSR count). The van der Waals surface area contributed by atoms with Crippen LogP contribution in [0.2, 0.25) is 0 Å². The van der Waals surface area contributed by atoms with Crippen molar-refractivity contribution in [3.8, 4) is 0 Å². The topological polar surface area (TPSA) is 9.23 Å². The van der Waals surface area contributed by atoms with Crippen LogP contribution in [0.3, 0.4) is 0 Å². The number of hydrogen-bond donors (Lipinski definition) is 0. The van der Waals surface area contributed by atoms with Crippen molar-refractivity contribution in [3.63, 3.8) is 0 Å². The summed E-state index contributed by atoms with van der Waals surface area (Å²) in [4.78, 5) is 0. The van der Waals surface area contributed by atoms with Crippen molar-refractivity contribution >= 4 is 0 Å². The van der Waals surface area contributed by atoms with Crippen molar-refractivity contribution in [1.29, 1.82) is 0 Å². The molecule has 0 unspecified atom stereocenters. The second-order valence-electron chi connectivity index (χ2n) is 1.97. The summed E-state index contributed by atoms with van der Waals surface area (Å²) in [7, 11) is 0. The average molecular weight is 86.1 g/mol. The summed E-state index contributed by atoms with van der Waals surface area (Å²) in [6.45, 7) is 4.19. The molecule has 0 N–H and O–H groups in total. The van der Waals surface area contributed by atoms with Gasteiger partial charge in [-0.3, -0.25) is 0 Å². The van der Waals surface area contributed by atoms with E-state index in [-0.39, 0.29) is 0 Å². The molecule has 1 fully saturated rings. The van der Waals surface area contributed by atoms with Crippen LogP contribution in [0.5, 0.6) is 0 Å². The van der Waals surface area contributed by atoms with Crippen LogP contribution in [0.1, 0.15) is 13.3 Å². The van der Waals surface area contributed by atoms with Crippen molar-refractivity contribution in [1.82, 2.24) is 0 Å². The average Bonchev–Trinajstić information content (AvgIpc) is 1.86. The Morgan fingerprint density at radius 3 is 2.67 bits per heavy atom. The Morgan fingerprint density at radius 1 is 1.67 bits per heavy atom. The second-order valence-corrected chi connectivity index (χ2v) is 1.97. The highest BCUT2D eigenvalue weighted by atomic mass is 16.5. The fourth-order valence-corrected chi connectivity index (χ4v) is 0.652. The highest BCUT2D eigenvalue weighted by Crippen LogP contribution is 2.09. The lowest BCUT2D eigenvalue weighted by atomic mass is 10.2. The molecule has 0 aromatic heterocycles. The Morgan fingerprint density at radius 2 is 2.50 bits per heavy atom. The van der Waals surface area contributed by atoms with Gasteiger partial charge >= 0.3 is 0 Å². The van der Waals surface area contributed by atoms with Crippen LogP contribution >= 0.6 is 0 Å². The fraction of sp³-hybridized carbons (Fsp3) is 1.00. The van der Waals surface area contributed by atoms with E-state index in [9.17, 15) is 0 Å². The van der Waals surface area contributed by atoms with E-state index in [1.165, 1.54) is 6.42 Å². The summed E-state index contributed by atoms with van der Waals surface area (Å²) >= 11 is 0. The van der Waals surface area contributed by atoms with Gasteiger partial charge in [-0.15, -0.1) is 0 Å². The van der Waals surface area contributed by atoms with Gasteiger partial charge in [0.25, 0.3) is 0 Å². The molecule has 0 amide bonds. The third kappa shape index (κ3) is 0.716. The first-order chi connectivity index (χ1) is 2.89. The molecule has 0 spiro atoms. The summed E-state index contributed by atoms with van der Waals surface area (Å²) < 4.78 is 5.06. The van der Waals surface area contributed by atoms with Crippen LogP contribution in [0.25, 0.3) is 0 Å². The van der Waals surface area contributed by atoms with Crippen molar-refractivity contribution in [2.75, 3.05) is 13.2 Å². The van der Waals surface area contributed by atoms with Gasteiger partial charge in [0.1, 0.15) is 0 Å². The van der Waals surface area contributed by atoms with Crippen molar-refractivity contribution < 1.29 is 4.74 Å². The third-order valence-electron chi connectivity index (χ3n) is 1.16. The molecule has 0 aromatic carbocycles. The molecule has 1 atom stereocenters. The molecule has 0 aromatic rings.